The molecule has 2 amide bonds. The van der Waals surface area contributed by atoms with E-state index in [9.17, 15) is 9.59 Å². The molecule has 0 bridgehead atoms. The van der Waals surface area contributed by atoms with Gasteiger partial charge >= 0.3 is 0 Å². The van der Waals surface area contributed by atoms with Crippen LogP contribution in [0.5, 0.6) is 5.75 Å². The van der Waals surface area contributed by atoms with Gasteiger partial charge in [0.15, 0.2) is 0 Å². The molecule has 6 heteroatoms. The zero-order chi connectivity index (χ0) is 20.0. The van der Waals surface area contributed by atoms with E-state index in [0.717, 1.165) is 16.9 Å². The lowest BCUT2D eigenvalue weighted by molar-refractivity contribution is -0.127. The Morgan fingerprint density at radius 1 is 1.11 bits per heavy atom. The van der Waals surface area contributed by atoms with E-state index >= 15 is 0 Å². The molecule has 1 aromatic carbocycles. The van der Waals surface area contributed by atoms with Gasteiger partial charge in [-0.25, -0.2) is 0 Å². The van der Waals surface area contributed by atoms with Crippen LogP contribution in [-0.2, 0) is 9.59 Å². The summed E-state index contributed by atoms with van der Waals surface area (Å²) in [6.07, 6.45) is 3.11. The minimum absolute atomic E-state index is 0.100. The van der Waals surface area contributed by atoms with Crippen LogP contribution in [0, 0.1) is 13.8 Å². The Balaban J connectivity index is 1.88. The topological polar surface area (TPSA) is 67.4 Å². The van der Waals surface area contributed by atoms with Gasteiger partial charge in [-0.3, -0.25) is 9.59 Å². The van der Waals surface area contributed by atoms with Gasteiger partial charge in [0.05, 0.1) is 13.2 Å². The van der Waals surface area contributed by atoms with Gasteiger partial charge in [0.25, 0.3) is 0 Å². The molecule has 1 aromatic heterocycles. The smallest absolute Gasteiger partial charge is 0.244 e. The first-order valence-electron chi connectivity index (χ1n) is 8.80. The number of methoxy groups -OCH3 is 1. The molecule has 27 heavy (non-hydrogen) atoms. The molecule has 144 valence electrons. The van der Waals surface area contributed by atoms with Gasteiger partial charge in [0.1, 0.15) is 11.8 Å². The predicted octanol–water partition coefficient (Wildman–Crippen LogP) is 3.77. The number of rotatable bonds is 7. The number of aryl methyl sites for hydroxylation is 2. The van der Waals surface area contributed by atoms with Crippen LogP contribution in [0.3, 0.4) is 0 Å². The minimum atomic E-state index is -0.625. The summed E-state index contributed by atoms with van der Waals surface area (Å²) in [7, 11) is 1.60. The van der Waals surface area contributed by atoms with Crippen molar-refractivity contribution in [3.63, 3.8) is 0 Å². The number of benzene rings is 1. The second-order valence-electron chi connectivity index (χ2n) is 6.44. The molecule has 0 fully saturated rings. The molecule has 2 rings (SSSR count). The molecular formula is C21H26N2O3S. The average Bonchev–Trinajstić information content (AvgIpc) is 2.98. The molecule has 2 aromatic rings. The maximum atomic E-state index is 12.4. The van der Waals surface area contributed by atoms with Crippen LogP contribution in [0.1, 0.15) is 40.8 Å². The van der Waals surface area contributed by atoms with Gasteiger partial charge in [-0.15, -0.1) is 11.3 Å². The van der Waals surface area contributed by atoms with E-state index < -0.39 is 6.04 Å². The summed E-state index contributed by atoms with van der Waals surface area (Å²) in [5, 5.41) is 5.65. The van der Waals surface area contributed by atoms with Crippen molar-refractivity contribution in [2.24, 2.45) is 0 Å². The molecule has 2 unspecified atom stereocenters. The number of carbonyl (C=O) groups excluding carboxylic acids is 2. The van der Waals surface area contributed by atoms with Crippen molar-refractivity contribution in [1.29, 1.82) is 0 Å². The third-order valence-corrected chi connectivity index (χ3v) is 5.18. The average molecular weight is 387 g/mol. The first-order chi connectivity index (χ1) is 12.8. The fraction of sp³-hybridized carbons (Fsp3) is 0.333. The molecule has 2 atom stereocenters. The summed E-state index contributed by atoms with van der Waals surface area (Å²) in [5.41, 5.74) is 1.99. The molecule has 5 nitrogen and oxygen atoms in total. The summed E-state index contributed by atoms with van der Waals surface area (Å²) in [6, 6.07) is 8.71. The Hall–Kier alpha value is -2.60. The number of ether oxygens (including phenoxy) is 1. The fourth-order valence-electron chi connectivity index (χ4n) is 2.71. The van der Waals surface area contributed by atoms with E-state index in [2.05, 4.69) is 16.7 Å². The van der Waals surface area contributed by atoms with E-state index in [1.54, 1.807) is 31.4 Å². The van der Waals surface area contributed by atoms with Crippen molar-refractivity contribution in [1.82, 2.24) is 10.6 Å². The van der Waals surface area contributed by atoms with Crippen LogP contribution in [0.2, 0.25) is 0 Å². The SMILES string of the molecule is COc1ccc(/C=C/C(=O)NC(C)C(=O)NC(C)c2cc(C)sc2C)cc1. The van der Waals surface area contributed by atoms with Crippen molar-refractivity contribution in [3.05, 3.63) is 57.3 Å². The van der Waals surface area contributed by atoms with Gasteiger partial charge in [-0.2, -0.15) is 0 Å². The number of carbonyl (C=O) groups is 2. The van der Waals surface area contributed by atoms with Gasteiger partial charge in [0.2, 0.25) is 11.8 Å². The molecule has 2 N–H and O–H groups in total. The van der Waals surface area contributed by atoms with Crippen LogP contribution in [0.4, 0.5) is 0 Å². The van der Waals surface area contributed by atoms with E-state index in [1.807, 2.05) is 45.0 Å². The lowest BCUT2D eigenvalue weighted by atomic mass is 10.1. The van der Waals surface area contributed by atoms with Crippen molar-refractivity contribution in [2.45, 2.75) is 39.8 Å². The number of amides is 2. The fourth-order valence-corrected chi connectivity index (χ4v) is 3.73. The summed E-state index contributed by atoms with van der Waals surface area (Å²) in [5.74, 6) is 0.229. The van der Waals surface area contributed by atoms with Gasteiger partial charge in [0, 0.05) is 15.8 Å². The number of hydrogen-bond donors (Lipinski definition) is 2. The maximum absolute atomic E-state index is 12.4. The lowest BCUT2D eigenvalue weighted by Crippen LogP contribution is -2.45. The minimum Gasteiger partial charge on any atom is -0.497 e. The van der Waals surface area contributed by atoms with Crippen molar-refractivity contribution in [2.75, 3.05) is 7.11 Å². The van der Waals surface area contributed by atoms with Crippen molar-refractivity contribution in [3.8, 4) is 5.75 Å². The molecular weight excluding hydrogens is 360 g/mol. The zero-order valence-electron chi connectivity index (χ0n) is 16.3. The van der Waals surface area contributed by atoms with E-state index in [4.69, 9.17) is 4.74 Å². The summed E-state index contributed by atoms with van der Waals surface area (Å²) in [6.45, 7) is 7.72. The molecule has 0 saturated heterocycles. The third-order valence-electron chi connectivity index (χ3n) is 4.20. The predicted molar refractivity (Wildman–Crippen MR) is 110 cm³/mol. The molecule has 0 spiro atoms. The Labute approximate surface area is 164 Å². The standard InChI is InChI=1S/C21H26N2O3S/c1-13-12-19(16(4)27-13)14(2)23-21(25)15(3)22-20(24)11-8-17-6-9-18(26-5)10-7-17/h6-12,14-15H,1-5H3,(H,22,24)(H,23,25)/b11-8+. The zero-order valence-corrected chi connectivity index (χ0v) is 17.1. The lowest BCUT2D eigenvalue weighted by Gasteiger charge is -2.18. The molecule has 1 heterocycles. The van der Waals surface area contributed by atoms with Crippen molar-refractivity contribution < 1.29 is 14.3 Å². The summed E-state index contributed by atoms with van der Waals surface area (Å²) < 4.78 is 5.10. The first-order valence-corrected chi connectivity index (χ1v) is 9.61. The maximum Gasteiger partial charge on any atom is 0.244 e. The Bertz CT molecular complexity index is 824. The molecule has 0 aliphatic rings. The van der Waals surface area contributed by atoms with Gasteiger partial charge in [-0.05, 0) is 63.1 Å². The Morgan fingerprint density at radius 3 is 2.33 bits per heavy atom. The van der Waals surface area contributed by atoms with E-state index in [0.29, 0.717) is 0 Å². The number of hydrogen-bond acceptors (Lipinski definition) is 4. The largest absolute Gasteiger partial charge is 0.497 e. The molecule has 0 radical (unpaired) electrons. The summed E-state index contributed by atoms with van der Waals surface area (Å²) >= 11 is 1.71. The molecule has 0 saturated carbocycles. The normalized spacial score (nSPS) is 13.2. The summed E-state index contributed by atoms with van der Waals surface area (Å²) in [4.78, 5) is 26.8. The third kappa shape index (κ3) is 5.96. The number of nitrogens with one attached hydrogen (secondary N) is 2. The highest BCUT2D eigenvalue weighted by molar-refractivity contribution is 7.12. The van der Waals surface area contributed by atoms with Crippen LogP contribution in [0.15, 0.2) is 36.4 Å². The highest BCUT2D eigenvalue weighted by Gasteiger charge is 2.19. The Kier molecular flexibility index (Phi) is 7.19. The first kappa shape index (κ1) is 20.7. The molecule has 0 aliphatic heterocycles. The quantitative estimate of drug-likeness (QED) is 0.712. The second-order valence-corrected chi connectivity index (χ2v) is 7.90. The van der Waals surface area contributed by atoms with Crippen LogP contribution >= 0.6 is 11.3 Å². The van der Waals surface area contributed by atoms with E-state index in [1.165, 1.54) is 15.8 Å². The van der Waals surface area contributed by atoms with E-state index in [-0.39, 0.29) is 17.9 Å². The Morgan fingerprint density at radius 2 is 1.78 bits per heavy atom. The van der Waals surface area contributed by atoms with Gasteiger partial charge < -0.3 is 15.4 Å². The van der Waals surface area contributed by atoms with Crippen LogP contribution in [-0.4, -0.2) is 25.0 Å². The van der Waals surface area contributed by atoms with Gasteiger partial charge in [-0.1, -0.05) is 12.1 Å². The molecule has 0 aliphatic carbocycles. The monoisotopic (exact) mass is 386 g/mol. The highest BCUT2D eigenvalue weighted by Crippen LogP contribution is 2.26. The number of thiophene rings is 1. The highest BCUT2D eigenvalue weighted by atomic mass is 32.1. The van der Waals surface area contributed by atoms with Crippen LogP contribution < -0.4 is 15.4 Å². The second kappa shape index (κ2) is 9.37. The van der Waals surface area contributed by atoms with Crippen LogP contribution in [0.25, 0.3) is 6.08 Å². The van der Waals surface area contributed by atoms with Crippen molar-refractivity contribution >= 4 is 29.2 Å².